The Labute approximate surface area is 164 Å². The molecule has 1 aromatic heterocycles. The van der Waals surface area contributed by atoms with Crippen LogP contribution in [0.2, 0.25) is 0 Å². The molecule has 7 heteroatoms. The lowest BCUT2D eigenvalue weighted by Crippen LogP contribution is -2.34. The van der Waals surface area contributed by atoms with E-state index in [0.717, 1.165) is 32.5 Å². The van der Waals surface area contributed by atoms with E-state index in [1.54, 1.807) is 18.2 Å². The summed E-state index contributed by atoms with van der Waals surface area (Å²) in [6.07, 6.45) is 3.85. The Balaban J connectivity index is 1.44. The average molecular weight is 379 g/mol. The van der Waals surface area contributed by atoms with Gasteiger partial charge in [0.1, 0.15) is 11.5 Å². The molecule has 1 aliphatic rings. The number of hydrazone groups is 1. The molecule has 0 unspecified atom stereocenters. The van der Waals surface area contributed by atoms with Gasteiger partial charge in [0.2, 0.25) is 5.91 Å². The highest BCUT2D eigenvalue weighted by Crippen LogP contribution is 2.17. The molecular formula is C21H25N5O2. The predicted octanol–water partition coefficient (Wildman–Crippen LogP) is 2.67. The van der Waals surface area contributed by atoms with Crippen LogP contribution in [0.3, 0.4) is 0 Å². The summed E-state index contributed by atoms with van der Waals surface area (Å²) in [5, 5.41) is 6.66. The SMILES string of the molecule is CC(=O)Nc1cccc(C(=O)NN=CC2CCN(Cc3ccccc3)CC2)n1. The van der Waals surface area contributed by atoms with E-state index in [2.05, 4.69) is 50.0 Å². The number of rotatable bonds is 6. The fourth-order valence-corrected chi connectivity index (χ4v) is 3.17. The lowest BCUT2D eigenvalue weighted by Gasteiger charge is -2.30. The van der Waals surface area contributed by atoms with E-state index in [-0.39, 0.29) is 11.6 Å². The van der Waals surface area contributed by atoms with Crippen LogP contribution in [0.1, 0.15) is 35.8 Å². The fourth-order valence-electron chi connectivity index (χ4n) is 3.17. The van der Waals surface area contributed by atoms with E-state index in [1.165, 1.54) is 12.5 Å². The Hall–Kier alpha value is -3.06. The smallest absolute Gasteiger partial charge is 0.290 e. The van der Waals surface area contributed by atoms with E-state index < -0.39 is 5.91 Å². The summed E-state index contributed by atoms with van der Waals surface area (Å²) in [4.78, 5) is 29.8. The Kier molecular flexibility index (Phi) is 6.86. The van der Waals surface area contributed by atoms with Gasteiger partial charge in [0.15, 0.2) is 0 Å². The van der Waals surface area contributed by atoms with Gasteiger partial charge in [0.05, 0.1) is 0 Å². The maximum Gasteiger partial charge on any atom is 0.290 e. The van der Waals surface area contributed by atoms with Gasteiger partial charge in [0.25, 0.3) is 5.91 Å². The van der Waals surface area contributed by atoms with Gasteiger partial charge in [0, 0.05) is 19.7 Å². The molecule has 1 aromatic carbocycles. The summed E-state index contributed by atoms with van der Waals surface area (Å²) in [7, 11) is 0. The summed E-state index contributed by atoms with van der Waals surface area (Å²) in [6.45, 7) is 4.39. The molecule has 1 aliphatic heterocycles. The number of likely N-dealkylation sites (tertiary alicyclic amines) is 1. The van der Waals surface area contributed by atoms with Crippen molar-refractivity contribution in [2.45, 2.75) is 26.3 Å². The third-order valence-electron chi connectivity index (χ3n) is 4.62. The van der Waals surface area contributed by atoms with Crippen molar-refractivity contribution in [3.8, 4) is 0 Å². The highest BCUT2D eigenvalue weighted by Gasteiger charge is 2.18. The third-order valence-corrected chi connectivity index (χ3v) is 4.62. The minimum absolute atomic E-state index is 0.209. The van der Waals surface area contributed by atoms with Crippen molar-refractivity contribution in [2.24, 2.45) is 11.0 Å². The lowest BCUT2D eigenvalue weighted by atomic mass is 9.98. The molecule has 2 aromatic rings. The van der Waals surface area contributed by atoms with Crippen LogP contribution < -0.4 is 10.7 Å². The Morgan fingerprint density at radius 3 is 2.61 bits per heavy atom. The number of carbonyl (C=O) groups excluding carboxylic acids is 2. The molecular weight excluding hydrogens is 354 g/mol. The molecule has 0 bridgehead atoms. The standard InChI is InChI=1S/C21H25N5O2/c1-16(27)23-20-9-5-8-19(24-20)21(28)25-22-14-17-10-12-26(13-11-17)15-18-6-3-2-4-7-18/h2-9,14,17H,10-13,15H2,1H3,(H,25,28)(H,23,24,27). The van der Waals surface area contributed by atoms with Crippen molar-refractivity contribution < 1.29 is 9.59 Å². The number of aromatic nitrogens is 1. The van der Waals surface area contributed by atoms with Gasteiger partial charge in [-0.2, -0.15) is 5.10 Å². The number of nitrogens with one attached hydrogen (secondary N) is 2. The lowest BCUT2D eigenvalue weighted by molar-refractivity contribution is -0.114. The largest absolute Gasteiger partial charge is 0.311 e. The summed E-state index contributed by atoms with van der Waals surface area (Å²) in [5.41, 5.74) is 4.06. The normalized spacial score (nSPS) is 15.5. The minimum atomic E-state index is -0.398. The summed E-state index contributed by atoms with van der Waals surface area (Å²) in [5.74, 6) is 0.0626. The van der Waals surface area contributed by atoms with Crippen LogP contribution in [0.15, 0.2) is 53.6 Å². The van der Waals surface area contributed by atoms with Crippen molar-refractivity contribution in [1.82, 2.24) is 15.3 Å². The zero-order valence-corrected chi connectivity index (χ0v) is 16.0. The Bertz CT molecular complexity index is 830. The maximum absolute atomic E-state index is 12.2. The molecule has 28 heavy (non-hydrogen) atoms. The van der Waals surface area contributed by atoms with Gasteiger partial charge in [-0.15, -0.1) is 0 Å². The van der Waals surface area contributed by atoms with Gasteiger partial charge in [-0.1, -0.05) is 36.4 Å². The Morgan fingerprint density at radius 1 is 1.14 bits per heavy atom. The molecule has 3 rings (SSSR count). The van der Waals surface area contributed by atoms with E-state index >= 15 is 0 Å². The molecule has 1 fully saturated rings. The fraction of sp³-hybridized carbons (Fsp3) is 0.333. The number of hydrogen-bond acceptors (Lipinski definition) is 5. The van der Waals surface area contributed by atoms with Crippen LogP contribution >= 0.6 is 0 Å². The van der Waals surface area contributed by atoms with Crippen LogP contribution in [-0.2, 0) is 11.3 Å². The number of hydrogen-bond donors (Lipinski definition) is 2. The first kappa shape index (κ1) is 19.7. The summed E-state index contributed by atoms with van der Waals surface area (Å²) < 4.78 is 0. The van der Waals surface area contributed by atoms with E-state index in [9.17, 15) is 9.59 Å². The molecule has 1 saturated heterocycles. The first-order valence-corrected chi connectivity index (χ1v) is 9.44. The number of benzene rings is 1. The second-order valence-electron chi connectivity index (χ2n) is 6.91. The predicted molar refractivity (Wildman–Crippen MR) is 109 cm³/mol. The van der Waals surface area contributed by atoms with Gasteiger partial charge >= 0.3 is 0 Å². The molecule has 2 amide bonds. The van der Waals surface area contributed by atoms with Crippen LogP contribution in [-0.4, -0.2) is 41.0 Å². The second-order valence-corrected chi connectivity index (χ2v) is 6.91. The number of anilines is 1. The van der Waals surface area contributed by atoms with Crippen LogP contribution in [0.5, 0.6) is 0 Å². The van der Waals surface area contributed by atoms with Crippen molar-refractivity contribution >= 4 is 23.8 Å². The van der Waals surface area contributed by atoms with Gasteiger partial charge in [-0.3, -0.25) is 14.5 Å². The number of piperidine rings is 1. The monoisotopic (exact) mass is 379 g/mol. The average Bonchev–Trinajstić information content (AvgIpc) is 2.70. The maximum atomic E-state index is 12.2. The van der Waals surface area contributed by atoms with Crippen LogP contribution in [0, 0.1) is 5.92 Å². The van der Waals surface area contributed by atoms with Crippen molar-refractivity contribution in [3.05, 3.63) is 59.8 Å². The zero-order chi connectivity index (χ0) is 19.8. The Morgan fingerprint density at radius 2 is 1.89 bits per heavy atom. The molecule has 0 aliphatic carbocycles. The highest BCUT2D eigenvalue weighted by atomic mass is 16.2. The summed E-state index contributed by atoms with van der Waals surface area (Å²) in [6, 6.07) is 15.3. The second kappa shape index (κ2) is 9.75. The van der Waals surface area contributed by atoms with E-state index in [0.29, 0.717) is 11.7 Å². The molecule has 0 spiro atoms. The molecule has 0 radical (unpaired) electrons. The number of nitrogens with zero attached hydrogens (tertiary/aromatic N) is 3. The minimum Gasteiger partial charge on any atom is -0.311 e. The number of amides is 2. The van der Waals surface area contributed by atoms with E-state index in [4.69, 9.17) is 0 Å². The van der Waals surface area contributed by atoms with Crippen molar-refractivity contribution in [2.75, 3.05) is 18.4 Å². The first-order chi connectivity index (χ1) is 13.6. The third kappa shape index (κ3) is 5.99. The molecule has 0 saturated carbocycles. The van der Waals surface area contributed by atoms with Gasteiger partial charge < -0.3 is 5.32 Å². The van der Waals surface area contributed by atoms with Gasteiger partial charge in [-0.25, -0.2) is 10.4 Å². The number of carbonyl (C=O) groups is 2. The topological polar surface area (TPSA) is 86.7 Å². The first-order valence-electron chi connectivity index (χ1n) is 9.44. The van der Waals surface area contributed by atoms with Crippen LogP contribution in [0.25, 0.3) is 0 Å². The zero-order valence-electron chi connectivity index (χ0n) is 16.0. The summed E-state index contributed by atoms with van der Waals surface area (Å²) >= 11 is 0. The molecule has 0 atom stereocenters. The van der Waals surface area contributed by atoms with Crippen LogP contribution in [0.4, 0.5) is 5.82 Å². The quantitative estimate of drug-likeness (QED) is 0.597. The molecule has 2 heterocycles. The van der Waals surface area contributed by atoms with Gasteiger partial charge in [-0.05, 0) is 49.5 Å². The van der Waals surface area contributed by atoms with Crippen molar-refractivity contribution in [3.63, 3.8) is 0 Å². The van der Waals surface area contributed by atoms with E-state index in [1.807, 2.05) is 12.3 Å². The molecule has 146 valence electrons. The molecule has 7 nitrogen and oxygen atoms in total. The molecule has 2 N–H and O–H groups in total. The highest BCUT2D eigenvalue weighted by molar-refractivity contribution is 5.94. The number of pyridine rings is 1. The van der Waals surface area contributed by atoms with Crippen molar-refractivity contribution in [1.29, 1.82) is 0 Å².